The molecule has 0 aliphatic carbocycles. The highest BCUT2D eigenvalue weighted by molar-refractivity contribution is 7.00. The molecule has 0 fully saturated rings. The van der Waals surface area contributed by atoms with Crippen LogP contribution in [0, 0.1) is 5.82 Å². The summed E-state index contributed by atoms with van der Waals surface area (Å²) in [6.07, 6.45) is -0.848. The van der Waals surface area contributed by atoms with Crippen molar-refractivity contribution in [1.82, 2.24) is 8.75 Å². The first-order valence-corrected chi connectivity index (χ1v) is 7.31. The summed E-state index contributed by atoms with van der Waals surface area (Å²) in [5, 5.41) is 2.73. The van der Waals surface area contributed by atoms with E-state index in [-0.39, 0.29) is 11.7 Å². The minimum atomic E-state index is -0.848. The van der Waals surface area contributed by atoms with Gasteiger partial charge in [0.1, 0.15) is 11.0 Å². The van der Waals surface area contributed by atoms with E-state index in [2.05, 4.69) is 14.1 Å². The summed E-state index contributed by atoms with van der Waals surface area (Å²) in [5.74, 6) is -0.851. The van der Waals surface area contributed by atoms with Crippen LogP contribution in [0.3, 0.4) is 0 Å². The number of nitrogens with zero attached hydrogens (tertiary/aromatic N) is 2. The van der Waals surface area contributed by atoms with Gasteiger partial charge in [0.25, 0.3) is 5.91 Å². The van der Waals surface area contributed by atoms with Crippen LogP contribution in [0.5, 0.6) is 5.75 Å². The normalized spacial score (nSPS) is 12.1. The number of hydrogen-bond donors (Lipinski definition) is 1. The second kappa shape index (κ2) is 6.07. The van der Waals surface area contributed by atoms with Crippen molar-refractivity contribution in [3.05, 3.63) is 48.3 Å². The molecule has 0 aliphatic heterocycles. The lowest BCUT2D eigenvalue weighted by molar-refractivity contribution is -0.122. The van der Waals surface area contributed by atoms with Gasteiger partial charge in [-0.1, -0.05) is 18.2 Å². The first-order valence-electron chi connectivity index (χ1n) is 6.58. The Morgan fingerprint density at radius 3 is 2.86 bits per heavy atom. The van der Waals surface area contributed by atoms with Crippen LogP contribution < -0.4 is 10.1 Å². The highest BCUT2D eigenvalue weighted by atomic mass is 32.1. The molecule has 1 heterocycles. The topological polar surface area (TPSA) is 64.1 Å². The van der Waals surface area contributed by atoms with Gasteiger partial charge < -0.3 is 10.1 Å². The molecular weight excluding hydrogens is 305 g/mol. The van der Waals surface area contributed by atoms with E-state index in [1.165, 1.54) is 12.1 Å². The van der Waals surface area contributed by atoms with Gasteiger partial charge >= 0.3 is 0 Å². The largest absolute Gasteiger partial charge is 0.478 e. The fourth-order valence-electron chi connectivity index (χ4n) is 1.93. The Balaban J connectivity index is 1.74. The van der Waals surface area contributed by atoms with Gasteiger partial charge in [-0.2, -0.15) is 8.75 Å². The number of carbonyl (C=O) groups is 1. The number of ether oxygens (including phenoxy) is 1. The molecule has 3 rings (SSSR count). The second-order valence-electron chi connectivity index (χ2n) is 4.62. The Hall–Kier alpha value is -2.54. The summed E-state index contributed by atoms with van der Waals surface area (Å²) in [5.41, 5.74) is 1.89. The van der Waals surface area contributed by atoms with Crippen LogP contribution in [-0.4, -0.2) is 20.8 Å². The Bertz CT molecular complexity index is 821. The molecule has 0 saturated carbocycles. The molecular formula is C15H12FN3O2S. The molecule has 1 atom stereocenters. The fraction of sp³-hybridized carbons (Fsp3) is 0.133. The van der Waals surface area contributed by atoms with E-state index in [1.54, 1.807) is 31.2 Å². The lowest BCUT2D eigenvalue weighted by atomic mass is 10.2. The third-order valence-corrected chi connectivity index (χ3v) is 3.60. The summed E-state index contributed by atoms with van der Waals surface area (Å²) in [4.78, 5) is 12.2. The summed E-state index contributed by atoms with van der Waals surface area (Å²) >= 11 is 1.07. The van der Waals surface area contributed by atoms with E-state index in [0.717, 1.165) is 11.7 Å². The third-order valence-electron chi connectivity index (χ3n) is 3.05. The molecule has 1 unspecified atom stereocenters. The molecule has 0 spiro atoms. The zero-order chi connectivity index (χ0) is 15.5. The predicted octanol–water partition coefficient (Wildman–Crippen LogP) is 3.24. The van der Waals surface area contributed by atoms with Gasteiger partial charge in [0.15, 0.2) is 17.7 Å². The monoisotopic (exact) mass is 317 g/mol. The van der Waals surface area contributed by atoms with Crippen molar-refractivity contribution in [3.63, 3.8) is 0 Å². The van der Waals surface area contributed by atoms with Crippen molar-refractivity contribution in [2.75, 3.05) is 5.32 Å². The van der Waals surface area contributed by atoms with Crippen molar-refractivity contribution < 1.29 is 13.9 Å². The molecule has 7 heteroatoms. The Morgan fingerprint density at radius 2 is 2.05 bits per heavy atom. The van der Waals surface area contributed by atoms with Crippen molar-refractivity contribution in [2.24, 2.45) is 0 Å². The summed E-state index contributed by atoms with van der Waals surface area (Å²) in [6, 6.07) is 11.3. The number of benzene rings is 2. The molecule has 2 aromatic carbocycles. The first-order chi connectivity index (χ1) is 10.6. The minimum absolute atomic E-state index is 0.0404. The molecule has 1 amide bonds. The van der Waals surface area contributed by atoms with Crippen LogP contribution in [0.1, 0.15) is 6.92 Å². The zero-order valence-corrected chi connectivity index (χ0v) is 12.4. The van der Waals surface area contributed by atoms with E-state index in [0.29, 0.717) is 16.7 Å². The first kappa shape index (κ1) is 14.4. The number of para-hydroxylation sites is 1. The second-order valence-corrected chi connectivity index (χ2v) is 5.15. The minimum Gasteiger partial charge on any atom is -0.478 e. The quantitative estimate of drug-likeness (QED) is 0.802. The van der Waals surface area contributed by atoms with Crippen molar-refractivity contribution in [3.8, 4) is 5.75 Å². The summed E-state index contributed by atoms with van der Waals surface area (Å²) < 4.78 is 27.1. The number of nitrogens with one attached hydrogen (secondary N) is 1. The Morgan fingerprint density at radius 1 is 1.23 bits per heavy atom. The van der Waals surface area contributed by atoms with Gasteiger partial charge in [0, 0.05) is 0 Å². The molecule has 1 aromatic heterocycles. The highest BCUT2D eigenvalue weighted by Gasteiger charge is 2.18. The highest BCUT2D eigenvalue weighted by Crippen LogP contribution is 2.22. The van der Waals surface area contributed by atoms with Crippen LogP contribution in [0.25, 0.3) is 11.0 Å². The number of fused-ring (bicyclic) bond motifs is 1. The number of hydrogen-bond acceptors (Lipinski definition) is 5. The number of halogens is 1. The standard InChI is InChI=1S/C15H12FN3O2S/c1-9(21-13-8-3-2-5-10(13)16)15(20)17-11-6-4-7-12-14(11)19-22-18-12/h2-9H,1H3,(H,17,20). The molecule has 0 aliphatic rings. The number of anilines is 1. The van der Waals surface area contributed by atoms with Crippen molar-refractivity contribution in [1.29, 1.82) is 0 Å². The molecule has 1 N–H and O–H groups in total. The molecule has 0 radical (unpaired) electrons. The van der Waals surface area contributed by atoms with Crippen LogP contribution in [0.4, 0.5) is 10.1 Å². The molecule has 0 saturated heterocycles. The number of amides is 1. The maximum atomic E-state index is 13.5. The molecule has 3 aromatic rings. The zero-order valence-electron chi connectivity index (χ0n) is 11.6. The van der Waals surface area contributed by atoms with Gasteiger partial charge in [0.05, 0.1) is 17.4 Å². The van der Waals surface area contributed by atoms with E-state index in [1.807, 2.05) is 6.07 Å². The predicted molar refractivity (Wildman–Crippen MR) is 82.5 cm³/mol. The van der Waals surface area contributed by atoms with Crippen LogP contribution in [-0.2, 0) is 4.79 Å². The van der Waals surface area contributed by atoms with Crippen molar-refractivity contribution >= 4 is 34.4 Å². The van der Waals surface area contributed by atoms with Gasteiger partial charge in [-0.05, 0) is 31.2 Å². The van der Waals surface area contributed by atoms with Gasteiger partial charge in [0.2, 0.25) is 0 Å². The number of aromatic nitrogens is 2. The molecule has 112 valence electrons. The SMILES string of the molecule is CC(Oc1ccccc1F)C(=O)Nc1cccc2nsnc12. The van der Waals surface area contributed by atoms with Gasteiger partial charge in [-0.3, -0.25) is 4.79 Å². The smallest absolute Gasteiger partial charge is 0.265 e. The fourth-order valence-corrected chi connectivity index (χ4v) is 2.48. The van der Waals surface area contributed by atoms with E-state index in [4.69, 9.17) is 4.74 Å². The Kier molecular flexibility index (Phi) is 3.97. The van der Waals surface area contributed by atoms with Crippen LogP contribution in [0.2, 0.25) is 0 Å². The molecule has 5 nitrogen and oxygen atoms in total. The number of rotatable bonds is 4. The van der Waals surface area contributed by atoms with Crippen LogP contribution in [0.15, 0.2) is 42.5 Å². The lowest BCUT2D eigenvalue weighted by Crippen LogP contribution is -2.30. The summed E-state index contributed by atoms with van der Waals surface area (Å²) in [7, 11) is 0. The maximum Gasteiger partial charge on any atom is 0.265 e. The maximum absolute atomic E-state index is 13.5. The van der Waals surface area contributed by atoms with Gasteiger partial charge in [-0.15, -0.1) is 0 Å². The van der Waals surface area contributed by atoms with E-state index < -0.39 is 11.9 Å². The third kappa shape index (κ3) is 2.89. The molecule has 22 heavy (non-hydrogen) atoms. The summed E-state index contributed by atoms with van der Waals surface area (Å²) in [6.45, 7) is 1.56. The lowest BCUT2D eigenvalue weighted by Gasteiger charge is -2.15. The number of carbonyl (C=O) groups excluding carboxylic acids is 1. The van der Waals surface area contributed by atoms with E-state index in [9.17, 15) is 9.18 Å². The average molecular weight is 317 g/mol. The average Bonchev–Trinajstić information content (AvgIpc) is 2.99. The van der Waals surface area contributed by atoms with Crippen LogP contribution >= 0.6 is 11.7 Å². The molecule has 0 bridgehead atoms. The van der Waals surface area contributed by atoms with E-state index >= 15 is 0 Å². The van der Waals surface area contributed by atoms with Crippen molar-refractivity contribution in [2.45, 2.75) is 13.0 Å². The van der Waals surface area contributed by atoms with Gasteiger partial charge in [-0.25, -0.2) is 4.39 Å². The Labute approximate surface area is 130 Å².